The predicted molar refractivity (Wildman–Crippen MR) is 117 cm³/mol. The van der Waals surface area contributed by atoms with Gasteiger partial charge in [0.1, 0.15) is 11.6 Å². The molecule has 0 atom stereocenters. The molecule has 0 unspecified atom stereocenters. The number of nitrogens with zero attached hydrogens (tertiary/aromatic N) is 2. The van der Waals surface area contributed by atoms with Gasteiger partial charge in [-0.15, -0.1) is 5.10 Å². The molecule has 0 aliphatic carbocycles. The van der Waals surface area contributed by atoms with Crippen molar-refractivity contribution in [3.8, 4) is 22.3 Å². The number of rotatable bonds is 4. The van der Waals surface area contributed by atoms with Gasteiger partial charge in [0.05, 0.1) is 11.3 Å². The van der Waals surface area contributed by atoms with Crippen LogP contribution in [0.2, 0.25) is 15.2 Å². The Balaban J connectivity index is 1.99. The maximum absolute atomic E-state index is 14.7. The van der Waals surface area contributed by atoms with E-state index < -0.39 is 11.6 Å². The van der Waals surface area contributed by atoms with E-state index in [1.807, 2.05) is 12.1 Å². The Labute approximate surface area is 187 Å². The van der Waals surface area contributed by atoms with E-state index >= 15 is 0 Å². The molecular formula is C23H13Cl3F2N2. The summed E-state index contributed by atoms with van der Waals surface area (Å²) in [5.41, 5.74) is 2.48. The van der Waals surface area contributed by atoms with Gasteiger partial charge in [-0.25, -0.2) is 8.78 Å². The maximum Gasteiger partial charge on any atom is 0.160 e. The average molecular weight is 462 g/mol. The number of aromatic nitrogens is 2. The summed E-state index contributed by atoms with van der Waals surface area (Å²) in [4.78, 5) is 0. The van der Waals surface area contributed by atoms with Crippen molar-refractivity contribution in [2.45, 2.75) is 6.42 Å². The minimum atomic E-state index is -0.738. The third-order valence-electron chi connectivity index (χ3n) is 4.63. The second-order valence-electron chi connectivity index (χ2n) is 6.59. The second-order valence-corrected chi connectivity index (χ2v) is 7.83. The highest BCUT2D eigenvalue weighted by Gasteiger charge is 2.24. The van der Waals surface area contributed by atoms with Crippen LogP contribution < -0.4 is 0 Å². The van der Waals surface area contributed by atoms with Crippen LogP contribution in [0.5, 0.6) is 0 Å². The van der Waals surface area contributed by atoms with Crippen LogP contribution in [0.1, 0.15) is 11.3 Å². The van der Waals surface area contributed by atoms with Crippen molar-refractivity contribution in [1.82, 2.24) is 10.2 Å². The first-order chi connectivity index (χ1) is 14.4. The van der Waals surface area contributed by atoms with Crippen LogP contribution in [-0.2, 0) is 6.42 Å². The Morgan fingerprint density at radius 1 is 0.633 bits per heavy atom. The molecule has 4 rings (SSSR count). The van der Waals surface area contributed by atoms with Gasteiger partial charge in [-0.1, -0.05) is 65.1 Å². The molecule has 0 N–H and O–H groups in total. The minimum Gasteiger partial charge on any atom is -0.206 e. The maximum atomic E-state index is 14.7. The zero-order chi connectivity index (χ0) is 21.3. The minimum absolute atomic E-state index is 0.0937. The van der Waals surface area contributed by atoms with Gasteiger partial charge in [-0.05, 0) is 47.5 Å². The van der Waals surface area contributed by atoms with Gasteiger partial charge in [0, 0.05) is 27.6 Å². The zero-order valence-electron chi connectivity index (χ0n) is 15.3. The third kappa shape index (κ3) is 4.17. The fraction of sp³-hybridized carbons (Fsp3) is 0.0435. The first-order valence-corrected chi connectivity index (χ1v) is 10.1. The molecule has 0 saturated carbocycles. The predicted octanol–water partition coefficient (Wildman–Crippen LogP) is 7.64. The Bertz CT molecular complexity index is 1190. The van der Waals surface area contributed by atoms with Crippen molar-refractivity contribution < 1.29 is 8.78 Å². The molecule has 150 valence electrons. The summed E-state index contributed by atoms with van der Waals surface area (Å²) in [5.74, 6) is -1.48. The molecule has 0 amide bonds. The highest BCUT2D eigenvalue weighted by Crippen LogP contribution is 2.41. The van der Waals surface area contributed by atoms with E-state index in [2.05, 4.69) is 10.2 Å². The first kappa shape index (κ1) is 20.7. The number of hydrogen-bond acceptors (Lipinski definition) is 2. The first-order valence-electron chi connectivity index (χ1n) is 8.94. The molecule has 0 aliphatic heterocycles. The lowest BCUT2D eigenvalue weighted by Crippen LogP contribution is -2.04. The summed E-state index contributed by atoms with van der Waals surface area (Å²) < 4.78 is 29.4. The van der Waals surface area contributed by atoms with Gasteiger partial charge in [-0.2, -0.15) is 5.10 Å². The van der Waals surface area contributed by atoms with Crippen LogP contribution in [0.3, 0.4) is 0 Å². The summed E-state index contributed by atoms with van der Waals surface area (Å²) in [5, 5.41) is 9.28. The smallest absolute Gasteiger partial charge is 0.160 e. The SMILES string of the molecule is Fc1cccc(F)c1-c1c(Cl)nnc(Cc2ccc(Cl)cc2)c1-c1ccc(Cl)cc1. The van der Waals surface area contributed by atoms with Gasteiger partial charge in [0.2, 0.25) is 0 Å². The van der Waals surface area contributed by atoms with Crippen molar-refractivity contribution in [3.63, 3.8) is 0 Å². The normalized spacial score (nSPS) is 11.0. The van der Waals surface area contributed by atoms with Crippen LogP contribution in [0.4, 0.5) is 8.78 Å². The van der Waals surface area contributed by atoms with E-state index in [-0.39, 0.29) is 16.3 Å². The van der Waals surface area contributed by atoms with Gasteiger partial charge in [0.25, 0.3) is 0 Å². The number of benzene rings is 3. The fourth-order valence-corrected chi connectivity index (χ4v) is 3.74. The van der Waals surface area contributed by atoms with Crippen molar-refractivity contribution in [2.75, 3.05) is 0 Å². The molecular weight excluding hydrogens is 449 g/mol. The molecule has 0 radical (unpaired) electrons. The Morgan fingerprint density at radius 2 is 1.20 bits per heavy atom. The van der Waals surface area contributed by atoms with Crippen molar-refractivity contribution in [3.05, 3.63) is 105 Å². The van der Waals surface area contributed by atoms with E-state index in [1.165, 1.54) is 18.2 Å². The molecule has 30 heavy (non-hydrogen) atoms. The van der Waals surface area contributed by atoms with Crippen molar-refractivity contribution in [1.29, 1.82) is 0 Å². The van der Waals surface area contributed by atoms with Gasteiger partial charge in [-0.3, -0.25) is 0 Å². The molecule has 3 aromatic carbocycles. The molecule has 2 nitrogen and oxygen atoms in total. The average Bonchev–Trinajstić information content (AvgIpc) is 2.72. The van der Waals surface area contributed by atoms with E-state index in [0.29, 0.717) is 33.3 Å². The monoisotopic (exact) mass is 460 g/mol. The van der Waals surface area contributed by atoms with Crippen LogP contribution >= 0.6 is 34.8 Å². The van der Waals surface area contributed by atoms with Gasteiger partial charge in [0.15, 0.2) is 5.15 Å². The van der Waals surface area contributed by atoms with Crippen LogP contribution in [-0.4, -0.2) is 10.2 Å². The lowest BCUT2D eigenvalue weighted by Gasteiger charge is -2.16. The molecule has 7 heteroatoms. The van der Waals surface area contributed by atoms with Crippen molar-refractivity contribution >= 4 is 34.8 Å². The molecule has 0 saturated heterocycles. The Morgan fingerprint density at radius 3 is 1.80 bits per heavy atom. The quantitative estimate of drug-likeness (QED) is 0.312. The fourth-order valence-electron chi connectivity index (χ4n) is 3.26. The summed E-state index contributed by atoms with van der Waals surface area (Å²) in [6.45, 7) is 0. The number of hydrogen-bond donors (Lipinski definition) is 0. The van der Waals surface area contributed by atoms with E-state index in [1.54, 1.807) is 36.4 Å². The highest BCUT2D eigenvalue weighted by molar-refractivity contribution is 6.33. The van der Waals surface area contributed by atoms with E-state index in [4.69, 9.17) is 34.8 Å². The zero-order valence-corrected chi connectivity index (χ0v) is 17.6. The molecule has 4 aromatic rings. The van der Waals surface area contributed by atoms with Crippen molar-refractivity contribution in [2.24, 2.45) is 0 Å². The molecule has 1 heterocycles. The van der Waals surface area contributed by atoms with Crippen LogP contribution in [0.15, 0.2) is 66.7 Å². The molecule has 0 fully saturated rings. The topological polar surface area (TPSA) is 25.8 Å². The van der Waals surface area contributed by atoms with E-state index in [0.717, 1.165) is 5.56 Å². The van der Waals surface area contributed by atoms with Crippen LogP contribution in [0.25, 0.3) is 22.3 Å². The standard InChI is InChI=1S/C23H13Cl3F2N2/c24-15-8-4-13(5-9-15)12-19-20(14-6-10-16(25)11-7-14)22(23(26)30-29-19)21-17(27)2-1-3-18(21)28/h1-11H,12H2. The molecule has 0 bridgehead atoms. The van der Waals surface area contributed by atoms with Crippen LogP contribution in [0, 0.1) is 11.6 Å². The lowest BCUT2D eigenvalue weighted by atomic mass is 9.92. The molecule has 0 spiro atoms. The van der Waals surface area contributed by atoms with Gasteiger partial charge < -0.3 is 0 Å². The Hall–Kier alpha value is -2.53. The largest absolute Gasteiger partial charge is 0.206 e. The molecule has 1 aromatic heterocycles. The van der Waals surface area contributed by atoms with E-state index in [9.17, 15) is 8.78 Å². The number of halogens is 5. The Kier molecular flexibility index (Phi) is 6.00. The van der Waals surface area contributed by atoms with Gasteiger partial charge >= 0.3 is 0 Å². The summed E-state index contributed by atoms with van der Waals surface area (Å²) >= 11 is 18.3. The summed E-state index contributed by atoms with van der Waals surface area (Å²) in [7, 11) is 0. The lowest BCUT2D eigenvalue weighted by molar-refractivity contribution is 0.589. The second kappa shape index (κ2) is 8.68. The molecule has 0 aliphatic rings. The third-order valence-corrected chi connectivity index (χ3v) is 5.40. The summed E-state index contributed by atoms with van der Waals surface area (Å²) in [6, 6.07) is 17.8. The summed E-state index contributed by atoms with van der Waals surface area (Å²) in [6.07, 6.45) is 0.363. The highest BCUT2D eigenvalue weighted by atomic mass is 35.5.